The van der Waals surface area contributed by atoms with Gasteiger partial charge in [-0.05, 0) is 32.0 Å². The van der Waals surface area contributed by atoms with E-state index in [0.29, 0.717) is 23.1 Å². The van der Waals surface area contributed by atoms with Crippen molar-refractivity contribution in [3.8, 4) is 11.4 Å². The van der Waals surface area contributed by atoms with Gasteiger partial charge < -0.3 is 20.1 Å². The van der Waals surface area contributed by atoms with Crippen molar-refractivity contribution >= 4 is 22.9 Å². The van der Waals surface area contributed by atoms with Crippen LogP contribution in [0.15, 0.2) is 30.6 Å². The summed E-state index contributed by atoms with van der Waals surface area (Å²) in [6.45, 7) is 3.37. The maximum Gasteiger partial charge on any atom is 0.253 e. The molecule has 3 heterocycles. The molecule has 0 bridgehead atoms. The average molecular weight is 377 g/mol. The molecule has 3 aromatic rings. The molecule has 2 aromatic heterocycles. The first kappa shape index (κ1) is 17.1. The summed E-state index contributed by atoms with van der Waals surface area (Å²) in [5, 5.41) is 3.44. The Bertz CT molecular complexity index is 1000. The van der Waals surface area contributed by atoms with E-state index in [1.54, 1.807) is 6.33 Å². The predicted molar refractivity (Wildman–Crippen MR) is 107 cm³/mol. The number of hydrogen-bond donors (Lipinski definition) is 2. The fourth-order valence-corrected chi connectivity index (χ4v) is 3.44. The van der Waals surface area contributed by atoms with Crippen LogP contribution in [0.3, 0.4) is 0 Å². The van der Waals surface area contributed by atoms with E-state index in [4.69, 9.17) is 4.98 Å². The van der Waals surface area contributed by atoms with E-state index in [9.17, 15) is 4.79 Å². The number of nitrogens with zero attached hydrogens (tertiary/aromatic N) is 5. The third-order valence-corrected chi connectivity index (χ3v) is 5.38. The van der Waals surface area contributed by atoms with Gasteiger partial charge in [0.25, 0.3) is 5.91 Å². The summed E-state index contributed by atoms with van der Waals surface area (Å²) in [4.78, 5) is 33.6. The molecule has 1 aliphatic heterocycles. The number of nitrogens with one attached hydrogen (secondary N) is 2. The van der Waals surface area contributed by atoms with Crippen molar-refractivity contribution in [1.29, 1.82) is 0 Å². The lowest BCUT2D eigenvalue weighted by Crippen LogP contribution is -2.47. The lowest BCUT2D eigenvalue weighted by molar-refractivity contribution is 0.0664. The molecule has 1 saturated heterocycles. The van der Waals surface area contributed by atoms with Crippen LogP contribution in [0.4, 0.5) is 5.82 Å². The molecule has 8 heteroatoms. The van der Waals surface area contributed by atoms with Gasteiger partial charge in [-0.15, -0.1) is 0 Å². The predicted octanol–water partition coefficient (Wildman–Crippen LogP) is 1.98. The summed E-state index contributed by atoms with van der Waals surface area (Å²) in [5.74, 6) is 1.48. The van der Waals surface area contributed by atoms with E-state index in [1.165, 1.54) is 0 Å². The SMILES string of the molecule is CN1CCN(C(=O)c2ccc(-c3nc(NC4CC4)c4[nH]cnc4n3)cc2)CC1. The third-order valence-electron chi connectivity index (χ3n) is 5.38. The Balaban J connectivity index is 1.40. The molecule has 28 heavy (non-hydrogen) atoms. The molecule has 2 aliphatic rings. The van der Waals surface area contributed by atoms with Crippen LogP contribution in [-0.4, -0.2) is 74.9 Å². The van der Waals surface area contributed by atoms with Crippen LogP contribution in [0.5, 0.6) is 0 Å². The molecule has 2 N–H and O–H groups in total. The highest BCUT2D eigenvalue weighted by Crippen LogP contribution is 2.28. The lowest BCUT2D eigenvalue weighted by Gasteiger charge is -2.32. The third kappa shape index (κ3) is 3.31. The molecule has 8 nitrogen and oxygen atoms in total. The molecular formula is C20H23N7O. The van der Waals surface area contributed by atoms with Crippen molar-refractivity contribution in [2.45, 2.75) is 18.9 Å². The monoisotopic (exact) mass is 377 g/mol. The maximum absolute atomic E-state index is 12.7. The first-order valence-corrected chi connectivity index (χ1v) is 9.73. The second kappa shape index (κ2) is 6.87. The van der Waals surface area contributed by atoms with Gasteiger partial charge in [0.2, 0.25) is 0 Å². The number of fused-ring (bicyclic) bond motifs is 1. The zero-order valence-electron chi connectivity index (χ0n) is 15.9. The van der Waals surface area contributed by atoms with Crippen LogP contribution in [-0.2, 0) is 0 Å². The summed E-state index contributed by atoms with van der Waals surface area (Å²) in [7, 11) is 2.08. The highest BCUT2D eigenvalue weighted by molar-refractivity contribution is 5.95. The summed E-state index contributed by atoms with van der Waals surface area (Å²) < 4.78 is 0. The molecule has 0 unspecified atom stereocenters. The van der Waals surface area contributed by atoms with Crippen molar-refractivity contribution in [2.75, 3.05) is 38.5 Å². The van der Waals surface area contributed by atoms with E-state index < -0.39 is 0 Å². The molecule has 1 saturated carbocycles. The van der Waals surface area contributed by atoms with Crippen molar-refractivity contribution < 1.29 is 4.79 Å². The number of hydrogen-bond acceptors (Lipinski definition) is 6. The van der Waals surface area contributed by atoms with Crippen molar-refractivity contribution in [3.63, 3.8) is 0 Å². The maximum atomic E-state index is 12.7. The quantitative estimate of drug-likeness (QED) is 0.723. The molecule has 0 radical (unpaired) electrons. The topological polar surface area (TPSA) is 90.0 Å². The van der Waals surface area contributed by atoms with E-state index in [2.05, 4.69) is 32.2 Å². The van der Waals surface area contributed by atoms with Gasteiger partial charge in [-0.25, -0.2) is 15.0 Å². The largest absolute Gasteiger partial charge is 0.365 e. The Kier molecular flexibility index (Phi) is 4.20. The smallest absolute Gasteiger partial charge is 0.253 e. The number of aromatic amines is 1. The summed E-state index contributed by atoms with van der Waals surface area (Å²) in [6.07, 6.45) is 3.97. The van der Waals surface area contributed by atoms with E-state index in [-0.39, 0.29) is 5.91 Å². The van der Waals surface area contributed by atoms with Gasteiger partial charge in [-0.2, -0.15) is 0 Å². The number of imidazole rings is 1. The number of H-pyrrole nitrogens is 1. The number of piperazine rings is 1. The number of amides is 1. The number of likely N-dealkylation sites (N-methyl/N-ethyl adjacent to an activating group) is 1. The lowest BCUT2D eigenvalue weighted by atomic mass is 10.1. The number of carbonyl (C=O) groups is 1. The fourth-order valence-electron chi connectivity index (χ4n) is 3.44. The van der Waals surface area contributed by atoms with Gasteiger partial charge in [-0.1, -0.05) is 12.1 Å². The number of anilines is 1. The minimum Gasteiger partial charge on any atom is -0.365 e. The first-order valence-electron chi connectivity index (χ1n) is 9.73. The van der Waals surface area contributed by atoms with Crippen molar-refractivity contribution in [3.05, 3.63) is 36.2 Å². The van der Waals surface area contributed by atoms with Crippen LogP contribution in [0, 0.1) is 0 Å². The van der Waals surface area contributed by atoms with Crippen LogP contribution < -0.4 is 5.32 Å². The number of carbonyl (C=O) groups excluding carboxylic acids is 1. The first-order chi connectivity index (χ1) is 13.7. The molecule has 1 aliphatic carbocycles. The standard InChI is InChI=1S/C20H23N7O/c1-26-8-10-27(11-9-26)20(28)14-4-2-13(3-5-14)17-24-18-16(21-12-22-18)19(25-17)23-15-6-7-15/h2-5,12,15H,6-11H2,1H3,(H2,21,22,23,24,25). The minimum absolute atomic E-state index is 0.0828. The molecule has 5 rings (SSSR count). The molecular weight excluding hydrogens is 354 g/mol. The number of rotatable bonds is 4. The Morgan fingerprint density at radius 3 is 2.57 bits per heavy atom. The zero-order chi connectivity index (χ0) is 19.1. The molecule has 0 atom stereocenters. The Morgan fingerprint density at radius 1 is 1.11 bits per heavy atom. The highest BCUT2D eigenvalue weighted by Gasteiger charge is 2.24. The van der Waals surface area contributed by atoms with E-state index in [0.717, 1.165) is 55.9 Å². The second-order valence-corrected chi connectivity index (χ2v) is 7.59. The fraction of sp³-hybridized carbons (Fsp3) is 0.400. The van der Waals surface area contributed by atoms with Gasteiger partial charge >= 0.3 is 0 Å². The van der Waals surface area contributed by atoms with Crippen molar-refractivity contribution in [1.82, 2.24) is 29.7 Å². The van der Waals surface area contributed by atoms with Crippen LogP contribution in [0.25, 0.3) is 22.6 Å². The molecule has 2 fully saturated rings. The average Bonchev–Trinajstić information content (AvgIpc) is 3.41. The van der Waals surface area contributed by atoms with Gasteiger partial charge in [0.1, 0.15) is 5.52 Å². The van der Waals surface area contributed by atoms with E-state index in [1.807, 2.05) is 29.2 Å². The van der Waals surface area contributed by atoms with Crippen LogP contribution in [0.2, 0.25) is 0 Å². The summed E-state index contributed by atoms with van der Waals surface area (Å²) in [6, 6.07) is 8.04. The van der Waals surface area contributed by atoms with Gasteiger partial charge in [0.05, 0.1) is 6.33 Å². The molecule has 144 valence electrons. The zero-order valence-corrected chi connectivity index (χ0v) is 15.9. The Labute approximate surface area is 163 Å². The number of aromatic nitrogens is 4. The Morgan fingerprint density at radius 2 is 1.86 bits per heavy atom. The van der Waals surface area contributed by atoms with Gasteiger partial charge in [0.15, 0.2) is 17.3 Å². The normalized spacial score (nSPS) is 17.8. The number of benzene rings is 1. The van der Waals surface area contributed by atoms with Crippen molar-refractivity contribution in [2.24, 2.45) is 0 Å². The van der Waals surface area contributed by atoms with Gasteiger partial charge in [-0.3, -0.25) is 4.79 Å². The van der Waals surface area contributed by atoms with Crippen LogP contribution >= 0.6 is 0 Å². The molecule has 1 aromatic carbocycles. The highest BCUT2D eigenvalue weighted by atomic mass is 16.2. The molecule has 0 spiro atoms. The summed E-state index contributed by atoms with van der Waals surface area (Å²) in [5.41, 5.74) is 3.05. The van der Waals surface area contributed by atoms with E-state index >= 15 is 0 Å². The van der Waals surface area contributed by atoms with Gasteiger partial charge in [0, 0.05) is 43.3 Å². The summed E-state index contributed by atoms with van der Waals surface area (Å²) >= 11 is 0. The Hall–Kier alpha value is -3.00. The van der Waals surface area contributed by atoms with Crippen LogP contribution in [0.1, 0.15) is 23.2 Å². The second-order valence-electron chi connectivity index (χ2n) is 7.59. The minimum atomic E-state index is 0.0828. The molecule has 1 amide bonds.